The number of para-hydroxylation sites is 1. The van der Waals surface area contributed by atoms with Gasteiger partial charge in [0.2, 0.25) is 0 Å². The Morgan fingerprint density at radius 3 is 2.44 bits per heavy atom. The summed E-state index contributed by atoms with van der Waals surface area (Å²) >= 11 is 0. The van der Waals surface area contributed by atoms with E-state index in [4.69, 9.17) is 9.47 Å². The first-order chi connectivity index (χ1) is 13.1. The lowest BCUT2D eigenvalue weighted by Gasteiger charge is -2.11. The van der Waals surface area contributed by atoms with Crippen LogP contribution >= 0.6 is 0 Å². The van der Waals surface area contributed by atoms with Crippen LogP contribution in [0.1, 0.15) is 10.5 Å². The second-order valence-corrected chi connectivity index (χ2v) is 5.43. The largest absolute Gasteiger partial charge is 0.497 e. The highest BCUT2D eigenvalue weighted by Gasteiger charge is 2.13. The van der Waals surface area contributed by atoms with Crippen LogP contribution < -0.4 is 20.1 Å². The fraction of sp³-hybridized carbons (Fsp3) is 0.105. The number of amides is 1. The number of anilines is 3. The maximum absolute atomic E-state index is 13.7. The summed E-state index contributed by atoms with van der Waals surface area (Å²) in [7, 11) is 3.03. The number of methoxy groups -OCH3 is 2. The third kappa shape index (κ3) is 4.30. The monoisotopic (exact) mass is 368 g/mol. The average Bonchev–Trinajstić information content (AvgIpc) is 2.70. The molecule has 2 aromatic carbocycles. The number of hydrogen-bond acceptors (Lipinski definition) is 6. The van der Waals surface area contributed by atoms with E-state index in [0.29, 0.717) is 23.0 Å². The number of hydrogen-bond donors (Lipinski definition) is 2. The third-order valence-corrected chi connectivity index (χ3v) is 3.69. The molecule has 138 valence electrons. The summed E-state index contributed by atoms with van der Waals surface area (Å²) in [5.74, 6) is 0.511. The number of rotatable bonds is 6. The van der Waals surface area contributed by atoms with E-state index in [0.717, 1.165) is 0 Å². The molecule has 3 aromatic rings. The van der Waals surface area contributed by atoms with Gasteiger partial charge in [0, 0.05) is 6.07 Å². The third-order valence-electron chi connectivity index (χ3n) is 3.69. The van der Waals surface area contributed by atoms with Crippen LogP contribution in [0.25, 0.3) is 0 Å². The summed E-state index contributed by atoms with van der Waals surface area (Å²) in [5.41, 5.74) is 0.845. The van der Waals surface area contributed by atoms with Gasteiger partial charge in [-0.15, -0.1) is 10.2 Å². The highest BCUT2D eigenvalue weighted by molar-refractivity contribution is 6.03. The highest BCUT2D eigenvalue weighted by atomic mass is 19.1. The average molecular weight is 368 g/mol. The first kappa shape index (κ1) is 18.1. The van der Waals surface area contributed by atoms with Crippen LogP contribution in [0.2, 0.25) is 0 Å². The molecular formula is C19H17FN4O3. The summed E-state index contributed by atoms with van der Waals surface area (Å²) in [6, 6.07) is 14.2. The minimum absolute atomic E-state index is 0.104. The number of nitrogens with zero attached hydrogens (tertiary/aromatic N) is 2. The van der Waals surface area contributed by atoms with Crippen molar-refractivity contribution in [2.45, 2.75) is 0 Å². The molecule has 0 aliphatic heterocycles. The second kappa shape index (κ2) is 8.13. The lowest BCUT2D eigenvalue weighted by atomic mass is 10.2. The molecule has 8 heteroatoms. The smallest absolute Gasteiger partial charge is 0.276 e. The molecule has 0 radical (unpaired) electrons. The topological polar surface area (TPSA) is 85.4 Å². The first-order valence-electron chi connectivity index (χ1n) is 7.99. The van der Waals surface area contributed by atoms with Gasteiger partial charge in [-0.05, 0) is 36.4 Å². The van der Waals surface area contributed by atoms with Crippen molar-refractivity contribution in [3.63, 3.8) is 0 Å². The standard InChI is InChI=1S/C19H17FN4O3/c1-26-12-7-8-15(17(11-12)27-2)22-19(25)16-9-10-18(24-23-16)21-14-6-4-3-5-13(14)20/h3-11H,1-2H3,(H,21,24)(H,22,25). The molecule has 27 heavy (non-hydrogen) atoms. The maximum Gasteiger partial charge on any atom is 0.276 e. The van der Waals surface area contributed by atoms with E-state index in [2.05, 4.69) is 20.8 Å². The zero-order valence-corrected chi connectivity index (χ0v) is 14.7. The summed E-state index contributed by atoms with van der Waals surface area (Å²) in [5, 5.41) is 13.3. The summed E-state index contributed by atoms with van der Waals surface area (Å²) in [6.45, 7) is 0. The molecule has 0 spiro atoms. The molecule has 0 atom stereocenters. The van der Waals surface area contributed by atoms with Gasteiger partial charge in [-0.2, -0.15) is 0 Å². The lowest BCUT2D eigenvalue weighted by Crippen LogP contribution is -2.15. The van der Waals surface area contributed by atoms with Crippen molar-refractivity contribution < 1.29 is 18.7 Å². The zero-order valence-electron chi connectivity index (χ0n) is 14.7. The van der Waals surface area contributed by atoms with E-state index >= 15 is 0 Å². The van der Waals surface area contributed by atoms with Gasteiger partial charge in [-0.1, -0.05) is 12.1 Å². The molecule has 0 bridgehead atoms. The van der Waals surface area contributed by atoms with Gasteiger partial charge in [0.25, 0.3) is 5.91 Å². The number of aromatic nitrogens is 2. The van der Waals surface area contributed by atoms with Crippen molar-refractivity contribution in [3.05, 3.63) is 66.1 Å². The SMILES string of the molecule is COc1ccc(NC(=O)c2ccc(Nc3ccccc3F)nn2)c(OC)c1. The molecule has 0 fully saturated rings. The molecular weight excluding hydrogens is 351 g/mol. The Hall–Kier alpha value is -3.68. The van der Waals surface area contributed by atoms with Crippen LogP contribution in [0.5, 0.6) is 11.5 Å². The fourth-order valence-electron chi connectivity index (χ4n) is 2.31. The molecule has 0 saturated heterocycles. The number of carbonyl (C=O) groups excluding carboxylic acids is 1. The molecule has 0 unspecified atom stereocenters. The molecule has 0 saturated carbocycles. The second-order valence-electron chi connectivity index (χ2n) is 5.43. The maximum atomic E-state index is 13.7. The Kier molecular flexibility index (Phi) is 5.46. The Balaban J connectivity index is 1.72. The van der Waals surface area contributed by atoms with Crippen LogP contribution in [0.3, 0.4) is 0 Å². The number of ether oxygens (including phenoxy) is 2. The summed E-state index contributed by atoms with van der Waals surface area (Å²) in [4.78, 5) is 12.4. The number of carbonyl (C=O) groups is 1. The molecule has 2 N–H and O–H groups in total. The predicted molar refractivity (Wildman–Crippen MR) is 99.2 cm³/mol. The summed E-state index contributed by atoms with van der Waals surface area (Å²) < 4.78 is 24.0. The zero-order chi connectivity index (χ0) is 19.2. The van der Waals surface area contributed by atoms with E-state index < -0.39 is 11.7 Å². The van der Waals surface area contributed by atoms with Crippen LogP contribution in [-0.2, 0) is 0 Å². The van der Waals surface area contributed by atoms with Crippen molar-refractivity contribution in [2.24, 2.45) is 0 Å². The van der Waals surface area contributed by atoms with E-state index in [1.165, 1.54) is 19.2 Å². The van der Waals surface area contributed by atoms with Crippen molar-refractivity contribution in [1.82, 2.24) is 10.2 Å². The van der Waals surface area contributed by atoms with Crippen LogP contribution in [0.15, 0.2) is 54.6 Å². The Bertz CT molecular complexity index is 948. The van der Waals surface area contributed by atoms with Crippen molar-refractivity contribution in [3.8, 4) is 11.5 Å². The van der Waals surface area contributed by atoms with Gasteiger partial charge in [-0.3, -0.25) is 4.79 Å². The quantitative estimate of drug-likeness (QED) is 0.691. The van der Waals surface area contributed by atoms with E-state index in [-0.39, 0.29) is 11.4 Å². The molecule has 7 nitrogen and oxygen atoms in total. The number of benzene rings is 2. The van der Waals surface area contributed by atoms with E-state index in [1.54, 1.807) is 49.6 Å². The van der Waals surface area contributed by atoms with Crippen LogP contribution in [0, 0.1) is 5.82 Å². The normalized spacial score (nSPS) is 10.2. The molecule has 0 aliphatic rings. The first-order valence-corrected chi connectivity index (χ1v) is 7.99. The molecule has 1 aromatic heterocycles. The van der Waals surface area contributed by atoms with Gasteiger partial charge in [0.15, 0.2) is 11.5 Å². The van der Waals surface area contributed by atoms with Gasteiger partial charge < -0.3 is 20.1 Å². The van der Waals surface area contributed by atoms with Crippen LogP contribution in [0.4, 0.5) is 21.6 Å². The Morgan fingerprint density at radius 1 is 0.963 bits per heavy atom. The minimum atomic E-state index is -0.455. The fourth-order valence-corrected chi connectivity index (χ4v) is 2.31. The lowest BCUT2D eigenvalue weighted by molar-refractivity contribution is 0.102. The van der Waals surface area contributed by atoms with Gasteiger partial charge >= 0.3 is 0 Å². The van der Waals surface area contributed by atoms with Gasteiger partial charge in [0.05, 0.1) is 25.6 Å². The minimum Gasteiger partial charge on any atom is -0.497 e. The van der Waals surface area contributed by atoms with E-state index in [9.17, 15) is 9.18 Å². The number of halogens is 1. The van der Waals surface area contributed by atoms with Crippen molar-refractivity contribution in [2.75, 3.05) is 24.9 Å². The van der Waals surface area contributed by atoms with Crippen molar-refractivity contribution >= 4 is 23.1 Å². The molecule has 3 rings (SSSR count). The van der Waals surface area contributed by atoms with Gasteiger partial charge in [0.1, 0.15) is 17.3 Å². The van der Waals surface area contributed by atoms with Crippen molar-refractivity contribution in [1.29, 1.82) is 0 Å². The molecule has 0 aliphatic carbocycles. The van der Waals surface area contributed by atoms with Crippen LogP contribution in [-0.4, -0.2) is 30.3 Å². The molecule has 1 heterocycles. The molecule has 1 amide bonds. The highest BCUT2D eigenvalue weighted by Crippen LogP contribution is 2.29. The Labute approximate surface area is 155 Å². The number of nitrogens with one attached hydrogen (secondary N) is 2. The van der Waals surface area contributed by atoms with E-state index in [1.807, 2.05) is 0 Å². The van der Waals surface area contributed by atoms with Gasteiger partial charge in [-0.25, -0.2) is 4.39 Å². The predicted octanol–water partition coefficient (Wildman–Crippen LogP) is 3.63. The summed E-state index contributed by atoms with van der Waals surface area (Å²) in [6.07, 6.45) is 0. The Morgan fingerprint density at radius 2 is 1.78 bits per heavy atom.